The summed E-state index contributed by atoms with van der Waals surface area (Å²) in [5, 5.41) is 8.22. The van der Waals surface area contributed by atoms with Gasteiger partial charge in [-0.2, -0.15) is 0 Å². The summed E-state index contributed by atoms with van der Waals surface area (Å²) < 4.78 is 0. The Morgan fingerprint density at radius 3 is 2.27 bits per heavy atom. The van der Waals surface area contributed by atoms with Gasteiger partial charge in [-0.05, 0) is 37.1 Å². The quantitative estimate of drug-likeness (QED) is 0.805. The first-order chi connectivity index (χ1) is 10.2. The molecule has 0 heterocycles. The Balaban J connectivity index is 2.11. The van der Waals surface area contributed by atoms with Crippen molar-refractivity contribution < 1.29 is 4.79 Å². The van der Waals surface area contributed by atoms with E-state index in [1.54, 1.807) is 0 Å². The fourth-order valence-corrected chi connectivity index (χ4v) is 3.17. The van der Waals surface area contributed by atoms with Crippen molar-refractivity contribution in [1.82, 2.24) is 5.32 Å². The Morgan fingerprint density at radius 1 is 0.955 bits per heavy atom. The van der Waals surface area contributed by atoms with Gasteiger partial charge in [-0.3, -0.25) is 0 Å². The molecule has 0 aliphatic carbocycles. The molecule has 22 heavy (non-hydrogen) atoms. The summed E-state index contributed by atoms with van der Waals surface area (Å²) in [6, 6.07) is 13.8. The van der Waals surface area contributed by atoms with Crippen molar-refractivity contribution in [1.29, 1.82) is 0 Å². The summed E-state index contributed by atoms with van der Waals surface area (Å²) in [6.45, 7) is 10.7. The highest BCUT2D eigenvalue weighted by Crippen LogP contribution is 2.27. The van der Waals surface area contributed by atoms with Gasteiger partial charge < -0.3 is 10.6 Å². The van der Waals surface area contributed by atoms with Gasteiger partial charge >= 0.3 is 6.03 Å². The lowest BCUT2D eigenvalue weighted by Crippen LogP contribution is -2.47. The van der Waals surface area contributed by atoms with Gasteiger partial charge in [0.1, 0.15) is 0 Å². The summed E-state index contributed by atoms with van der Waals surface area (Å²) in [5.74, 6) is 0. The van der Waals surface area contributed by atoms with Crippen LogP contribution in [0.1, 0.15) is 41.0 Å². The third kappa shape index (κ3) is 4.48. The van der Waals surface area contributed by atoms with Gasteiger partial charge in [0, 0.05) is 10.9 Å². The lowest BCUT2D eigenvalue weighted by molar-refractivity contribution is 0.220. The third-order valence-electron chi connectivity index (χ3n) is 3.46. The van der Waals surface area contributed by atoms with E-state index in [1.807, 2.05) is 42.5 Å². The maximum Gasteiger partial charge on any atom is 0.319 e. The Morgan fingerprint density at radius 2 is 1.59 bits per heavy atom. The van der Waals surface area contributed by atoms with E-state index in [0.29, 0.717) is 0 Å². The molecule has 3 nitrogen and oxygen atoms in total. The molecule has 0 saturated carbocycles. The minimum absolute atomic E-state index is 0.161. The molecule has 0 saturated heterocycles. The molecule has 2 amide bonds. The van der Waals surface area contributed by atoms with Crippen LogP contribution in [0.4, 0.5) is 10.5 Å². The Labute approximate surface area is 133 Å². The van der Waals surface area contributed by atoms with Crippen LogP contribution < -0.4 is 10.6 Å². The van der Waals surface area contributed by atoms with E-state index >= 15 is 0 Å². The number of anilines is 1. The van der Waals surface area contributed by atoms with Crippen LogP contribution in [0.25, 0.3) is 10.8 Å². The number of fused-ring (bicyclic) bond motifs is 1. The summed E-state index contributed by atoms with van der Waals surface area (Å²) >= 11 is 0. The van der Waals surface area contributed by atoms with Crippen LogP contribution in [0.3, 0.4) is 0 Å². The Hall–Kier alpha value is -2.03. The molecule has 0 aromatic heterocycles. The lowest BCUT2D eigenvalue weighted by atomic mass is 9.82. The van der Waals surface area contributed by atoms with Crippen molar-refractivity contribution in [3.05, 3.63) is 42.5 Å². The number of hydrogen-bond donors (Lipinski definition) is 2. The predicted molar refractivity (Wildman–Crippen MR) is 94.3 cm³/mol. The van der Waals surface area contributed by atoms with Gasteiger partial charge in [-0.1, -0.05) is 57.2 Å². The second kappa shape index (κ2) is 5.99. The van der Waals surface area contributed by atoms with Crippen LogP contribution in [0, 0.1) is 5.41 Å². The number of rotatable bonds is 3. The summed E-state index contributed by atoms with van der Waals surface area (Å²) in [5.41, 5.74) is 0.741. The van der Waals surface area contributed by atoms with E-state index in [0.717, 1.165) is 22.9 Å². The first-order valence-electron chi connectivity index (χ1n) is 7.73. The number of benzene rings is 2. The number of amides is 2. The fourth-order valence-electron chi connectivity index (χ4n) is 3.17. The first kappa shape index (κ1) is 16.3. The molecule has 2 rings (SSSR count). The van der Waals surface area contributed by atoms with Crippen molar-refractivity contribution in [3.8, 4) is 0 Å². The zero-order valence-corrected chi connectivity index (χ0v) is 14.2. The number of carbonyl (C=O) groups is 1. The molecule has 0 unspecified atom stereocenters. The number of urea groups is 1. The van der Waals surface area contributed by atoms with Crippen LogP contribution >= 0.6 is 0 Å². The molecule has 0 bridgehead atoms. The first-order valence-corrected chi connectivity index (χ1v) is 7.73. The molecule has 0 aliphatic rings. The number of nitrogens with one attached hydrogen (secondary N) is 2. The predicted octanol–water partition coefficient (Wildman–Crippen LogP) is 5.18. The summed E-state index contributed by atoms with van der Waals surface area (Å²) in [7, 11) is 0. The standard InChI is InChI=1S/C19H26N2O/c1-18(2,3)13-19(4,5)21-17(22)20-16-12-8-10-14-9-6-7-11-15(14)16/h6-12H,13H2,1-5H3,(H2,20,21,22). The molecular formula is C19H26N2O. The zero-order valence-electron chi connectivity index (χ0n) is 14.2. The maximum absolute atomic E-state index is 12.3. The normalized spacial score (nSPS) is 12.2. The minimum Gasteiger partial charge on any atom is -0.333 e. The van der Waals surface area contributed by atoms with Crippen molar-refractivity contribution in [3.63, 3.8) is 0 Å². The lowest BCUT2D eigenvalue weighted by Gasteiger charge is -2.33. The average Bonchev–Trinajstić information content (AvgIpc) is 2.35. The molecule has 0 atom stereocenters. The van der Waals surface area contributed by atoms with Crippen LogP contribution in [0.15, 0.2) is 42.5 Å². The van der Waals surface area contributed by atoms with E-state index in [4.69, 9.17) is 0 Å². The fraction of sp³-hybridized carbons (Fsp3) is 0.421. The highest BCUT2D eigenvalue weighted by Gasteiger charge is 2.27. The molecule has 2 aromatic rings. The smallest absolute Gasteiger partial charge is 0.319 e. The van der Waals surface area contributed by atoms with Crippen LogP contribution in [0.2, 0.25) is 0 Å². The number of hydrogen-bond acceptors (Lipinski definition) is 1. The molecule has 0 radical (unpaired) electrons. The van der Waals surface area contributed by atoms with E-state index in [-0.39, 0.29) is 17.0 Å². The van der Waals surface area contributed by atoms with Crippen molar-refractivity contribution in [2.45, 2.75) is 46.6 Å². The second-order valence-corrected chi connectivity index (χ2v) is 7.73. The van der Waals surface area contributed by atoms with Gasteiger partial charge in [-0.15, -0.1) is 0 Å². The van der Waals surface area contributed by atoms with Crippen LogP contribution in [0.5, 0.6) is 0 Å². The van der Waals surface area contributed by atoms with E-state index in [2.05, 4.69) is 45.3 Å². The van der Waals surface area contributed by atoms with Gasteiger partial charge in [0.05, 0.1) is 5.69 Å². The molecule has 0 fully saturated rings. The second-order valence-electron chi connectivity index (χ2n) is 7.73. The average molecular weight is 298 g/mol. The topological polar surface area (TPSA) is 41.1 Å². The van der Waals surface area contributed by atoms with Crippen molar-refractivity contribution >= 4 is 22.5 Å². The van der Waals surface area contributed by atoms with Crippen molar-refractivity contribution in [2.75, 3.05) is 5.32 Å². The molecule has 2 aromatic carbocycles. The van der Waals surface area contributed by atoms with Crippen LogP contribution in [-0.4, -0.2) is 11.6 Å². The SMILES string of the molecule is CC(C)(C)CC(C)(C)NC(=O)Nc1cccc2ccccc12. The van der Waals surface area contributed by atoms with Crippen LogP contribution in [-0.2, 0) is 0 Å². The van der Waals surface area contributed by atoms with Gasteiger partial charge in [0.2, 0.25) is 0 Å². The highest BCUT2D eigenvalue weighted by atomic mass is 16.2. The Kier molecular flexibility index (Phi) is 4.45. The van der Waals surface area contributed by atoms with E-state index < -0.39 is 0 Å². The monoisotopic (exact) mass is 298 g/mol. The molecule has 0 aliphatic heterocycles. The maximum atomic E-state index is 12.3. The largest absolute Gasteiger partial charge is 0.333 e. The molecule has 118 valence electrons. The number of carbonyl (C=O) groups excluding carboxylic acids is 1. The third-order valence-corrected chi connectivity index (χ3v) is 3.46. The van der Waals surface area contributed by atoms with Gasteiger partial charge in [0.15, 0.2) is 0 Å². The minimum atomic E-state index is -0.257. The summed E-state index contributed by atoms with van der Waals surface area (Å²) in [6.07, 6.45) is 0.906. The molecular weight excluding hydrogens is 272 g/mol. The van der Waals surface area contributed by atoms with Gasteiger partial charge in [-0.25, -0.2) is 4.79 Å². The van der Waals surface area contributed by atoms with Crippen molar-refractivity contribution in [2.24, 2.45) is 5.41 Å². The molecule has 2 N–H and O–H groups in total. The summed E-state index contributed by atoms with van der Waals surface area (Å²) in [4.78, 5) is 12.3. The van der Waals surface area contributed by atoms with E-state index in [1.165, 1.54) is 0 Å². The molecule has 0 spiro atoms. The Bertz CT molecular complexity index is 663. The molecule has 3 heteroatoms. The van der Waals surface area contributed by atoms with E-state index in [9.17, 15) is 4.79 Å². The highest BCUT2D eigenvalue weighted by molar-refractivity contribution is 6.01. The van der Waals surface area contributed by atoms with Gasteiger partial charge in [0.25, 0.3) is 0 Å². The zero-order chi connectivity index (χ0) is 16.4.